The fraction of sp³-hybridized carbons (Fsp3) is 0.0435. The molecule has 0 radical (unpaired) electrons. The van der Waals surface area contributed by atoms with Gasteiger partial charge in [-0.2, -0.15) is 0 Å². The van der Waals surface area contributed by atoms with Gasteiger partial charge in [-0.05, 0) is 0 Å². The van der Waals surface area contributed by atoms with Gasteiger partial charge in [0.1, 0.15) is 0 Å². The Labute approximate surface area is 170 Å². The predicted octanol–water partition coefficient (Wildman–Crippen LogP) is 3.62. The molecule has 0 aliphatic carbocycles. The van der Waals surface area contributed by atoms with E-state index in [1.807, 2.05) is 18.2 Å². The van der Waals surface area contributed by atoms with Crippen molar-refractivity contribution in [3.63, 3.8) is 0 Å². The molecule has 0 heterocycles. The Hall–Kier alpha value is -2.41. The number of fused-ring (bicyclic) bond motifs is 1. The van der Waals surface area contributed by atoms with E-state index in [9.17, 15) is 17.6 Å². The number of alkyl halides is 1. The van der Waals surface area contributed by atoms with Gasteiger partial charge in [0.25, 0.3) is 0 Å². The van der Waals surface area contributed by atoms with Crippen molar-refractivity contribution in [1.29, 1.82) is 0 Å². The molecule has 4 rings (SSSR count). The number of halogens is 5. The van der Waals surface area contributed by atoms with Crippen molar-refractivity contribution in [2.24, 2.45) is 0 Å². The summed E-state index contributed by atoms with van der Waals surface area (Å²) in [4.78, 5) is 2.18. The average molecular weight is 493 g/mol. The zero-order chi connectivity index (χ0) is 19.8. The van der Waals surface area contributed by atoms with Crippen LogP contribution in [0.15, 0.2) is 66.7 Å². The van der Waals surface area contributed by atoms with Crippen molar-refractivity contribution in [2.45, 2.75) is 0 Å². The van der Waals surface area contributed by atoms with E-state index in [0.717, 1.165) is 17.2 Å². The first kappa shape index (κ1) is 18.9. The van der Waals surface area contributed by atoms with Crippen molar-refractivity contribution in [3.05, 3.63) is 93.6 Å². The van der Waals surface area contributed by atoms with E-state index < -0.39 is 23.3 Å². The molecule has 0 fully saturated rings. The Morgan fingerprint density at radius 3 is 1.96 bits per heavy atom. The fourth-order valence-corrected chi connectivity index (χ4v) is 4.25. The topological polar surface area (TPSA) is 0 Å². The van der Waals surface area contributed by atoms with E-state index in [1.165, 1.54) is 27.8 Å². The molecule has 0 nitrogen and oxygen atoms in total. The summed E-state index contributed by atoms with van der Waals surface area (Å²) in [6.45, 7) is 0. The number of hydrogen-bond acceptors (Lipinski definition) is 0. The number of benzene rings is 4. The molecule has 0 bridgehead atoms. The van der Waals surface area contributed by atoms with Crippen molar-refractivity contribution >= 4 is 10.8 Å². The van der Waals surface area contributed by atoms with Crippen molar-refractivity contribution in [1.82, 2.24) is 0 Å². The van der Waals surface area contributed by atoms with Gasteiger partial charge >= 0.3 is 140 Å². The zero-order valence-electron chi connectivity index (χ0n) is 14.7. The minimum absolute atomic E-state index is 0.0109. The van der Waals surface area contributed by atoms with Gasteiger partial charge in [-0.3, -0.25) is 0 Å². The van der Waals surface area contributed by atoms with E-state index in [0.29, 0.717) is 11.1 Å². The second-order valence-corrected chi connectivity index (χ2v) is 8.64. The normalized spacial score (nSPS) is 11.3. The Bertz CT molecular complexity index is 1180. The molecule has 0 spiro atoms. The third-order valence-electron chi connectivity index (χ3n) is 4.65. The van der Waals surface area contributed by atoms with Gasteiger partial charge in [-0.25, -0.2) is 13.2 Å². The first-order valence-electron chi connectivity index (χ1n) is 8.45. The van der Waals surface area contributed by atoms with E-state index in [2.05, 4.69) is 17.1 Å². The quantitative estimate of drug-likeness (QED) is 0.177. The van der Waals surface area contributed by atoms with Crippen LogP contribution in [0.4, 0.5) is 17.6 Å². The summed E-state index contributed by atoms with van der Waals surface area (Å²) in [5.74, 6) is -4.45. The first-order valence-corrected chi connectivity index (χ1v) is 11.7. The Kier molecular flexibility index (Phi) is 5.10. The van der Waals surface area contributed by atoms with Crippen LogP contribution in [0.2, 0.25) is 0 Å². The third kappa shape index (κ3) is 3.39. The van der Waals surface area contributed by atoms with Gasteiger partial charge in [0.15, 0.2) is 17.5 Å². The van der Waals surface area contributed by atoms with Crippen LogP contribution in [0.25, 0.3) is 33.0 Å². The third-order valence-corrected chi connectivity index (χ3v) is 6.61. The van der Waals surface area contributed by atoms with E-state index in [-0.39, 0.29) is 32.0 Å². The molecular formula is C23H14F4I-. The first-order chi connectivity index (χ1) is 13.5. The molecule has 5 heteroatoms. The van der Waals surface area contributed by atoms with E-state index >= 15 is 0 Å². The Morgan fingerprint density at radius 2 is 1.29 bits per heavy atom. The van der Waals surface area contributed by atoms with Crippen LogP contribution in [-0.2, 0) is 0 Å². The van der Waals surface area contributed by atoms with Gasteiger partial charge in [0.05, 0.1) is 0 Å². The van der Waals surface area contributed by atoms with Crippen LogP contribution in [0, 0.1) is 26.8 Å². The predicted molar refractivity (Wildman–Crippen MR) is 99.3 cm³/mol. The zero-order valence-corrected chi connectivity index (χ0v) is 16.9. The molecule has 0 atom stereocenters. The van der Waals surface area contributed by atoms with Gasteiger partial charge in [0, 0.05) is 0 Å². The molecule has 4 aromatic rings. The SMILES string of the molecule is C[I-]c1ccc(-c2ccc(-c3ccc4c(F)c(F)c(F)cc4c3)c(F)c2)cc1. The molecule has 4 aromatic carbocycles. The van der Waals surface area contributed by atoms with Crippen LogP contribution < -0.4 is 21.2 Å². The second-order valence-electron chi connectivity index (χ2n) is 6.31. The maximum atomic E-state index is 14.8. The molecule has 142 valence electrons. The molecule has 0 aliphatic heterocycles. The Balaban J connectivity index is 1.76. The van der Waals surface area contributed by atoms with Crippen LogP contribution in [0.3, 0.4) is 0 Å². The molecule has 0 saturated heterocycles. The molecule has 0 saturated carbocycles. The standard InChI is InChI=1S/C23H14F4I/c1-28-17-6-2-13(3-7-17)14-4-8-18(20(24)11-14)15-5-9-19-16(10-15)12-21(25)23(27)22(19)26/h2-12H,1H3/q-1. The molecule has 0 aliphatic rings. The van der Waals surface area contributed by atoms with Crippen LogP contribution in [-0.4, -0.2) is 4.93 Å². The summed E-state index contributed by atoms with van der Waals surface area (Å²) in [5.41, 5.74) is 2.45. The van der Waals surface area contributed by atoms with Crippen LogP contribution >= 0.6 is 0 Å². The summed E-state index contributed by atoms with van der Waals surface area (Å²) in [6, 6.07) is 18.2. The van der Waals surface area contributed by atoms with Crippen molar-refractivity contribution < 1.29 is 38.8 Å². The van der Waals surface area contributed by atoms with E-state index in [4.69, 9.17) is 0 Å². The van der Waals surface area contributed by atoms with Crippen LogP contribution in [0.1, 0.15) is 0 Å². The summed E-state index contributed by atoms with van der Waals surface area (Å²) in [7, 11) is 0. The summed E-state index contributed by atoms with van der Waals surface area (Å²) < 4.78 is 56.9. The molecular weight excluding hydrogens is 479 g/mol. The minimum atomic E-state index is -1.51. The van der Waals surface area contributed by atoms with Gasteiger partial charge < -0.3 is 0 Å². The van der Waals surface area contributed by atoms with E-state index in [1.54, 1.807) is 6.07 Å². The molecule has 0 N–H and O–H groups in total. The van der Waals surface area contributed by atoms with Gasteiger partial charge in [-0.15, -0.1) is 0 Å². The average Bonchev–Trinajstić information content (AvgIpc) is 2.72. The summed E-state index contributed by atoms with van der Waals surface area (Å²) in [5, 5.41) is 0.134. The number of hydrogen-bond donors (Lipinski definition) is 0. The van der Waals surface area contributed by atoms with Gasteiger partial charge in [-0.1, -0.05) is 0 Å². The van der Waals surface area contributed by atoms with Crippen molar-refractivity contribution in [2.75, 3.05) is 4.93 Å². The van der Waals surface area contributed by atoms with Crippen LogP contribution in [0.5, 0.6) is 0 Å². The summed E-state index contributed by atoms with van der Waals surface area (Å²) >= 11 is 0.0109. The Morgan fingerprint density at radius 1 is 0.607 bits per heavy atom. The summed E-state index contributed by atoms with van der Waals surface area (Å²) in [6.07, 6.45) is 0. The molecule has 28 heavy (non-hydrogen) atoms. The fourth-order valence-electron chi connectivity index (χ4n) is 3.17. The van der Waals surface area contributed by atoms with Crippen molar-refractivity contribution in [3.8, 4) is 22.3 Å². The second kappa shape index (κ2) is 7.54. The monoisotopic (exact) mass is 493 g/mol. The van der Waals surface area contributed by atoms with Gasteiger partial charge in [0.2, 0.25) is 0 Å². The molecule has 0 unspecified atom stereocenters. The maximum absolute atomic E-state index is 14.8. The molecule has 0 amide bonds. The molecule has 0 aromatic heterocycles. The number of rotatable bonds is 3.